The van der Waals surface area contributed by atoms with Crippen molar-refractivity contribution < 1.29 is 5.21 Å². The molecule has 0 bridgehead atoms. The highest BCUT2D eigenvalue weighted by Crippen LogP contribution is 2.28. The van der Waals surface area contributed by atoms with Crippen LogP contribution in [0.15, 0.2) is 51.9 Å². The van der Waals surface area contributed by atoms with E-state index in [1.807, 2.05) is 31.2 Å². The van der Waals surface area contributed by atoms with Crippen molar-refractivity contribution in [3.8, 4) is 0 Å². The number of nitrogens with zero attached hydrogens (tertiary/aromatic N) is 3. The van der Waals surface area contributed by atoms with Crippen molar-refractivity contribution in [1.29, 1.82) is 0 Å². The van der Waals surface area contributed by atoms with E-state index in [9.17, 15) is 0 Å². The molecule has 92 valence electrons. The number of aromatic nitrogens is 2. The Balaban J connectivity index is 2.26. The number of benzene rings is 1. The first-order valence-corrected chi connectivity index (χ1v) is 6.05. The largest absolute Gasteiger partial charge is 0.409 e. The lowest BCUT2D eigenvalue weighted by molar-refractivity contribution is 0.318. The fraction of sp³-hybridized carbons (Fsp3) is 0.0833. The van der Waals surface area contributed by atoms with Gasteiger partial charge in [-0.2, -0.15) is 0 Å². The summed E-state index contributed by atoms with van der Waals surface area (Å²) < 4.78 is 0. The van der Waals surface area contributed by atoms with Crippen LogP contribution in [0.3, 0.4) is 0 Å². The molecule has 5 nitrogen and oxygen atoms in total. The van der Waals surface area contributed by atoms with Gasteiger partial charge in [-0.3, -0.25) is 0 Å². The highest BCUT2D eigenvalue weighted by atomic mass is 32.2. The predicted octanol–water partition coefficient (Wildman–Crippen LogP) is 2.03. The van der Waals surface area contributed by atoms with E-state index >= 15 is 0 Å². The summed E-state index contributed by atoms with van der Waals surface area (Å²) in [5.41, 5.74) is 7.28. The third kappa shape index (κ3) is 2.78. The first kappa shape index (κ1) is 12.4. The van der Waals surface area contributed by atoms with Crippen LogP contribution in [-0.2, 0) is 0 Å². The van der Waals surface area contributed by atoms with E-state index in [1.165, 1.54) is 6.33 Å². The summed E-state index contributed by atoms with van der Waals surface area (Å²) in [6.07, 6.45) is 3.22. The number of rotatable bonds is 3. The van der Waals surface area contributed by atoms with Gasteiger partial charge in [0.15, 0.2) is 5.84 Å². The fourth-order valence-electron chi connectivity index (χ4n) is 1.43. The Morgan fingerprint density at radius 2 is 2.22 bits per heavy atom. The first-order chi connectivity index (χ1) is 8.70. The molecule has 2 rings (SSSR count). The van der Waals surface area contributed by atoms with Crippen LogP contribution < -0.4 is 5.73 Å². The molecule has 0 aliphatic heterocycles. The van der Waals surface area contributed by atoms with Gasteiger partial charge in [-0.15, -0.1) is 0 Å². The Labute approximate surface area is 109 Å². The summed E-state index contributed by atoms with van der Waals surface area (Å²) in [4.78, 5) is 9.10. The first-order valence-electron chi connectivity index (χ1n) is 5.23. The Hall–Kier alpha value is -2.08. The van der Waals surface area contributed by atoms with Crippen LogP contribution in [0.5, 0.6) is 0 Å². The summed E-state index contributed by atoms with van der Waals surface area (Å²) in [5.74, 6) is 0.108. The van der Waals surface area contributed by atoms with E-state index < -0.39 is 0 Å². The Bertz CT molecular complexity index is 572. The van der Waals surface area contributed by atoms with E-state index in [0.717, 1.165) is 15.5 Å². The van der Waals surface area contributed by atoms with Gasteiger partial charge in [0, 0.05) is 16.7 Å². The van der Waals surface area contributed by atoms with Crippen LogP contribution >= 0.6 is 11.8 Å². The molecule has 0 saturated heterocycles. The SMILES string of the molecule is Cc1cc(/C(N)=N/O)ccc1Sc1ccncn1. The fourth-order valence-corrected chi connectivity index (χ4v) is 2.24. The monoisotopic (exact) mass is 260 g/mol. The minimum atomic E-state index is 0.108. The molecule has 0 aliphatic carbocycles. The summed E-state index contributed by atoms with van der Waals surface area (Å²) in [6.45, 7) is 1.97. The van der Waals surface area contributed by atoms with Gasteiger partial charge in [0.2, 0.25) is 0 Å². The number of oxime groups is 1. The standard InChI is InChI=1S/C12H12N4OS/c1-8-6-9(12(13)16-17)2-3-10(8)18-11-4-5-14-7-15-11/h2-7,17H,1H3,(H2,13,16). The average molecular weight is 260 g/mol. The molecule has 0 aliphatic rings. The molecule has 6 heteroatoms. The molecule has 0 fully saturated rings. The van der Waals surface area contributed by atoms with Crippen LogP contribution in [0.2, 0.25) is 0 Å². The normalized spacial score (nSPS) is 11.5. The van der Waals surface area contributed by atoms with Crippen LogP contribution in [0.4, 0.5) is 0 Å². The van der Waals surface area contributed by atoms with Gasteiger partial charge in [-0.25, -0.2) is 9.97 Å². The van der Waals surface area contributed by atoms with Gasteiger partial charge in [-0.1, -0.05) is 23.0 Å². The van der Waals surface area contributed by atoms with E-state index in [-0.39, 0.29) is 5.84 Å². The van der Waals surface area contributed by atoms with Crippen molar-refractivity contribution in [2.24, 2.45) is 10.9 Å². The Morgan fingerprint density at radius 3 is 2.83 bits per heavy atom. The summed E-state index contributed by atoms with van der Waals surface area (Å²) in [6, 6.07) is 7.46. The van der Waals surface area contributed by atoms with Gasteiger partial charge in [-0.05, 0) is 30.7 Å². The molecule has 1 aromatic carbocycles. The lowest BCUT2D eigenvalue weighted by Crippen LogP contribution is -2.13. The van der Waals surface area contributed by atoms with Crippen molar-refractivity contribution in [3.05, 3.63) is 47.9 Å². The second-order valence-corrected chi connectivity index (χ2v) is 4.68. The second kappa shape index (κ2) is 5.50. The smallest absolute Gasteiger partial charge is 0.170 e. The maximum Gasteiger partial charge on any atom is 0.170 e. The van der Waals surface area contributed by atoms with Crippen LogP contribution in [0, 0.1) is 6.92 Å². The topological polar surface area (TPSA) is 84.4 Å². The predicted molar refractivity (Wildman–Crippen MR) is 69.8 cm³/mol. The molecule has 3 N–H and O–H groups in total. The number of hydrogen-bond donors (Lipinski definition) is 2. The third-order valence-electron chi connectivity index (χ3n) is 2.35. The second-order valence-electron chi connectivity index (χ2n) is 3.62. The lowest BCUT2D eigenvalue weighted by atomic mass is 10.1. The van der Waals surface area contributed by atoms with Gasteiger partial charge >= 0.3 is 0 Å². The minimum Gasteiger partial charge on any atom is -0.409 e. The zero-order chi connectivity index (χ0) is 13.0. The summed E-state index contributed by atoms with van der Waals surface area (Å²) in [5, 5.41) is 12.5. The van der Waals surface area contributed by atoms with Gasteiger partial charge in [0.1, 0.15) is 11.4 Å². The molecule has 1 heterocycles. The molecule has 0 radical (unpaired) electrons. The van der Waals surface area contributed by atoms with Crippen LogP contribution in [0.25, 0.3) is 0 Å². The van der Waals surface area contributed by atoms with Crippen LogP contribution in [0.1, 0.15) is 11.1 Å². The Kier molecular flexibility index (Phi) is 3.78. The van der Waals surface area contributed by atoms with Crippen molar-refractivity contribution in [2.45, 2.75) is 16.8 Å². The number of hydrogen-bond acceptors (Lipinski definition) is 5. The molecule has 1 aromatic heterocycles. The number of aryl methyl sites for hydroxylation is 1. The average Bonchev–Trinajstić information content (AvgIpc) is 2.41. The molecule has 0 unspecified atom stereocenters. The van der Waals surface area contributed by atoms with Gasteiger partial charge in [0.25, 0.3) is 0 Å². The Morgan fingerprint density at radius 1 is 1.39 bits per heavy atom. The number of amidine groups is 1. The molecular formula is C12H12N4OS. The molecule has 2 aromatic rings. The lowest BCUT2D eigenvalue weighted by Gasteiger charge is -2.06. The van der Waals surface area contributed by atoms with E-state index in [4.69, 9.17) is 10.9 Å². The molecule has 0 atom stereocenters. The summed E-state index contributed by atoms with van der Waals surface area (Å²) in [7, 11) is 0. The van der Waals surface area contributed by atoms with Gasteiger partial charge < -0.3 is 10.9 Å². The molecule has 0 saturated carbocycles. The van der Waals surface area contributed by atoms with E-state index in [1.54, 1.807) is 18.0 Å². The van der Waals surface area contributed by atoms with Crippen molar-refractivity contribution in [1.82, 2.24) is 9.97 Å². The van der Waals surface area contributed by atoms with Crippen LogP contribution in [-0.4, -0.2) is 21.0 Å². The van der Waals surface area contributed by atoms with Crippen molar-refractivity contribution in [2.75, 3.05) is 0 Å². The molecule has 0 spiro atoms. The molecule has 0 amide bonds. The minimum absolute atomic E-state index is 0.108. The van der Waals surface area contributed by atoms with Crippen molar-refractivity contribution in [3.63, 3.8) is 0 Å². The zero-order valence-corrected chi connectivity index (χ0v) is 10.6. The zero-order valence-electron chi connectivity index (χ0n) is 9.74. The highest BCUT2D eigenvalue weighted by Gasteiger charge is 2.05. The number of nitrogens with two attached hydrogens (primary N) is 1. The highest BCUT2D eigenvalue weighted by molar-refractivity contribution is 7.99. The quantitative estimate of drug-likeness (QED) is 0.290. The third-order valence-corrected chi connectivity index (χ3v) is 3.48. The molecule has 18 heavy (non-hydrogen) atoms. The van der Waals surface area contributed by atoms with Gasteiger partial charge in [0.05, 0.1) is 0 Å². The maximum absolute atomic E-state index is 8.62. The van der Waals surface area contributed by atoms with Crippen molar-refractivity contribution >= 4 is 17.6 Å². The summed E-state index contributed by atoms with van der Waals surface area (Å²) >= 11 is 1.55. The maximum atomic E-state index is 8.62. The van der Waals surface area contributed by atoms with E-state index in [0.29, 0.717) is 5.56 Å². The van der Waals surface area contributed by atoms with E-state index in [2.05, 4.69) is 15.1 Å². The molecular weight excluding hydrogens is 248 g/mol.